The molecule has 212 valence electrons. The number of hydrogen-bond donors (Lipinski definition) is 1. The third kappa shape index (κ3) is 6.94. The lowest BCUT2D eigenvalue weighted by atomic mass is 9.75. The number of carbonyl (C=O) groups excluding carboxylic acids is 1. The lowest BCUT2D eigenvalue weighted by Crippen LogP contribution is -2.25. The Kier molecular flexibility index (Phi) is 10.0. The molecule has 1 fully saturated rings. The highest BCUT2D eigenvalue weighted by Crippen LogP contribution is 2.40. The Bertz CT molecular complexity index is 1310. The summed E-state index contributed by atoms with van der Waals surface area (Å²) >= 11 is 0. The van der Waals surface area contributed by atoms with Gasteiger partial charge in [0, 0.05) is 5.56 Å². The van der Waals surface area contributed by atoms with E-state index in [1.807, 2.05) is 6.92 Å². The molecule has 0 heterocycles. The van der Waals surface area contributed by atoms with Gasteiger partial charge in [-0.15, -0.1) is 6.58 Å². The van der Waals surface area contributed by atoms with E-state index in [9.17, 15) is 14.3 Å². The molecule has 0 radical (unpaired) electrons. The molecule has 4 rings (SSSR count). The van der Waals surface area contributed by atoms with Gasteiger partial charge in [-0.3, -0.25) is 0 Å². The summed E-state index contributed by atoms with van der Waals surface area (Å²) < 4.78 is 55.2. The Labute approximate surface area is 233 Å². The van der Waals surface area contributed by atoms with Gasteiger partial charge in [-0.2, -0.15) is 0 Å². The SMILES string of the molecule is C=CCCOc1ccc(C(=O)Oc2ccc(-c3ccc(C4CCC(C(O)CCC)CC4)c(F)c3F)cc2)cc1F. The van der Waals surface area contributed by atoms with Crippen molar-refractivity contribution in [3.63, 3.8) is 0 Å². The van der Waals surface area contributed by atoms with Gasteiger partial charge < -0.3 is 14.6 Å². The normalized spacial score (nSPS) is 17.7. The van der Waals surface area contributed by atoms with Crippen LogP contribution < -0.4 is 9.47 Å². The second-order valence-electron chi connectivity index (χ2n) is 10.3. The highest BCUT2D eigenvalue weighted by Gasteiger charge is 2.29. The van der Waals surface area contributed by atoms with Crippen LogP contribution in [0.2, 0.25) is 0 Å². The minimum Gasteiger partial charge on any atom is -0.490 e. The van der Waals surface area contributed by atoms with Crippen LogP contribution in [-0.2, 0) is 0 Å². The average Bonchev–Trinajstić information content (AvgIpc) is 2.96. The van der Waals surface area contributed by atoms with E-state index in [1.165, 1.54) is 36.4 Å². The fourth-order valence-corrected chi connectivity index (χ4v) is 5.31. The van der Waals surface area contributed by atoms with Gasteiger partial charge in [-0.1, -0.05) is 43.7 Å². The number of aliphatic hydroxyl groups is 1. The van der Waals surface area contributed by atoms with Gasteiger partial charge in [0.25, 0.3) is 0 Å². The smallest absolute Gasteiger partial charge is 0.343 e. The maximum Gasteiger partial charge on any atom is 0.343 e. The van der Waals surface area contributed by atoms with Crippen molar-refractivity contribution in [1.29, 1.82) is 0 Å². The molecule has 0 aliphatic heterocycles. The third-order valence-corrected chi connectivity index (χ3v) is 7.58. The minimum atomic E-state index is -0.915. The van der Waals surface area contributed by atoms with Crippen molar-refractivity contribution in [2.24, 2.45) is 5.92 Å². The predicted molar refractivity (Wildman–Crippen MR) is 149 cm³/mol. The van der Waals surface area contributed by atoms with Crippen LogP contribution >= 0.6 is 0 Å². The largest absolute Gasteiger partial charge is 0.490 e. The topological polar surface area (TPSA) is 55.8 Å². The van der Waals surface area contributed by atoms with Gasteiger partial charge in [0.05, 0.1) is 18.3 Å². The summed E-state index contributed by atoms with van der Waals surface area (Å²) in [5, 5.41) is 10.3. The van der Waals surface area contributed by atoms with Crippen molar-refractivity contribution in [3.8, 4) is 22.6 Å². The van der Waals surface area contributed by atoms with Crippen LogP contribution in [0.15, 0.2) is 67.3 Å². The van der Waals surface area contributed by atoms with E-state index >= 15 is 8.78 Å². The van der Waals surface area contributed by atoms with E-state index in [0.717, 1.165) is 44.6 Å². The number of aliphatic hydroxyl groups excluding tert-OH is 1. The van der Waals surface area contributed by atoms with Gasteiger partial charge in [-0.25, -0.2) is 18.0 Å². The number of carbonyl (C=O) groups is 1. The van der Waals surface area contributed by atoms with Gasteiger partial charge in [0.1, 0.15) is 5.75 Å². The van der Waals surface area contributed by atoms with E-state index in [2.05, 4.69) is 6.58 Å². The monoisotopic (exact) mass is 552 g/mol. The number of benzene rings is 3. The fourth-order valence-electron chi connectivity index (χ4n) is 5.31. The summed E-state index contributed by atoms with van der Waals surface area (Å²) in [5.41, 5.74) is 0.927. The van der Waals surface area contributed by atoms with Crippen molar-refractivity contribution >= 4 is 5.97 Å². The summed E-state index contributed by atoms with van der Waals surface area (Å²) in [6.45, 7) is 5.89. The first-order valence-corrected chi connectivity index (χ1v) is 13.8. The lowest BCUT2D eigenvalue weighted by molar-refractivity contribution is 0.0725. The lowest BCUT2D eigenvalue weighted by Gasteiger charge is -2.32. The quantitative estimate of drug-likeness (QED) is 0.112. The van der Waals surface area contributed by atoms with Crippen molar-refractivity contribution in [2.45, 2.75) is 63.9 Å². The zero-order valence-corrected chi connectivity index (χ0v) is 22.7. The number of ether oxygens (including phenoxy) is 2. The molecule has 40 heavy (non-hydrogen) atoms. The molecule has 0 amide bonds. The van der Waals surface area contributed by atoms with Crippen LogP contribution in [0, 0.1) is 23.4 Å². The highest BCUT2D eigenvalue weighted by molar-refractivity contribution is 5.91. The average molecular weight is 553 g/mol. The van der Waals surface area contributed by atoms with E-state index in [-0.39, 0.29) is 47.2 Å². The maximum atomic E-state index is 15.2. The molecule has 1 atom stereocenters. The molecule has 1 aliphatic carbocycles. The van der Waals surface area contributed by atoms with Crippen LogP contribution in [-0.4, -0.2) is 23.8 Å². The number of esters is 1. The molecule has 1 N–H and O–H groups in total. The standard InChI is InChI=1S/C33H35F3O4/c1-3-5-19-39-30-18-13-24(20-28(30)34)33(38)40-25-14-11-22(12-15-25)27-17-16-26(31(35)32(27)36)21-7-9-23(10-8-21)29(37)6-4-2/h3,11-18,20-21,23,29,37H,1,4-10,19H2,2H3. The second kappa shape index (κ2) is 13.7. The molecular formula is C33H35F3O4. The minimum absolute atomic E-state index is 0.00950. The van der Waals surface area contributed by atoms with Gasteiger partial charge in [0.2, 0.25) is 0 Å². The molecule has 7 heteroatoms. The van der Waals surface area contributed by atoms with Gasteiger partial charge >= 0.3 is 5.97 Å². The molecule has 0 spiro atoms. The van der Waals surface area contributed by atoms with Crippen molar-refractivity contribution in [1.82, 2.24) is 0 Å². The zero-order chi connectivity index (χ0) is 28.6. The first-order chi connectivity index (χ1) is 19.3. The predicted octanol–water partition coefficient (Wildman–Crippen LogP) is 8.38. The molecule has 1 unspecified atom stereocenters. The molecule has 4 nitrogen and oxygen atoms in total. The van der Waals surface area contributed by atoms with Crippen LogP contribution in [0.3, 0.4) is 0 Å². The second-order valence-corrected chi connectivity index (χ2v) is 10.3. The van der Waals surface area contributed by atoms with Crippen molar-refractivity contribution in [2.75, 3.05) is 6.61 Å². The van der Waals surface area contributed by atoms with Crippen LogP contribution in [0.5, 0.6) is 11.5 Å². The summed E-state index contributed by atoms with van der Waals surface area (Å²) in [7, 11) is 0. The molecule has 1 aliphatic rings. The van der Waals surface area contributed by atoms with Gasteiger partial charge in [0.15, 0.2) is 23.2 Å². The first kappa shape index (κ1) is 29.4. The van der Waals surface area contributed by atoms with Crippen molar-refractivity contribution < 1.29 is 32.5 Å². The third-order valence-electron chi connectivity index (χ3n) is 7.58. The summed E-state index contributed by atoms with van der Waals surface area (Å²) in [6, 6.07) is 13.1. The molecule has 1 saturated carbocycles. The Morgan fingerprint density at radius 2 is 1.75 bits per heavy atom. The van der Waals surface area contributed by atoms with Crippen molar-refractivity contribution in [3.05, 3.63) is 95.8 Å². The number of hydrogen-bond acceptors (Lipinski definition) is 4. The number of halogens is 3. The molecular weight excluding hydrogens is 517 g/mol. The zero-order valence-electron chi connectivity index (χ0n) is 22.7. The highest BCUT2D eigenvalue weighted by atomic mass is 19.2. The van der Waals surface area contributed by atoms with Crippen LogP contribution in [0.25, 0.3) is 11.1 Å². The Hall–Kier alpha value is -3.58. The first-order valence-electron chi connectivity index (χ1n) is 13.8. The molecule has 0 saturated heterocycles. The van der Waals surface area contributed by atoms with Gasteiger partial charge in [-0.05, 0) is 91.8 Å². The summed E-state index contributed by atoms with van der Waals surface area (Å²) in [4.78, 5) is 12.5. The maximum absolute atomic E-state index is 15.2. The van der Waals surface area contributed by atoms with E-state index < -0.39 is 23.4 Å². The Morgan fingerprint density at radius 3 is 2.40 bits per heavy atom. The molecule has 3 aromatic carbocycles. The number of rotatable bonds is 11. The summed E-state index contributed by atoms with van der Waals surface area (Å²) in [6.07, 6.45) is 6.62. The van der Waals surface area contributed by atoms with E-state index in [4.69, 9.17) is 9.47 Å². The van der Waals surface area contributed by atoms with Crippen LogP contribution in [0.1, 0.15) is 73.7 Å². The molecule has 0 aromatic heterocycles. The van der Waals surface area contributed by atoms with E-state index in [1.54, 1.807) is 18.2 Å². The van der Waals surface area contributed by atoms with E-state index in [0.29, 0.717) is 17.5 Å². The molecule has 3 aromatic rings. The summed E-state index contributed by atoms with van der Waals surface area (Å²) in [5.74, 6) is -2.85. The molecule has 0 bridgehead atoms. The van der Waals surface area contributed by atoms with Crippen LogP contribution in [0.4, 0.5) is 13.2 Å². The Balaban J connectivity index is 1.40. The fraction of sp³-hybridized carbons (Fsp3) is 0.364. The Morgan fingerprint density at radius 1 is 1.02 bits per heavy atom.